The second kappa shape index (κ2) is 10.2. The Morgan fingerprint density at radius 2 is 1.80 bits per heavy atom. The van der Waals surface area contributed by atoms with Crippen LogP contribution >= 0.6 is 0 Å². The zero-order chi connectivity index (χ0) is 11.5. The molecule has 0 saturated heterocycles. The lowest BCUT2D eigenvalue weighted by Gasteiger charge is -2.13. The minimum atomic E-state index is 1.12. The van der Waals surface area contributed by atoms with Crippen LogP contribution in [0.1, 0.15) is 59.3 Å². The molecule has 0 fully saturated rings. The molecular weight excluding hydrogens is 182 g/mol. The normalized spacial score (nSPS) is 12.5. The molecule has 0 aromatic carbocycles. The van der Waals surface area contributed by atoms with Gasteiger partial charge in [-0.2, -0.15) is 0 Å². The van der Waals surface area contributed by atoms with Gasteiger partial charge in [-0.15, -0.1) is 0 Å². The molecule has 15 heavy (non-hydrogen) atoms. The summed E-state index contributed by atoms with van der Waals surface area (Å²) in [6.07, 6.45) is 10.4. The van der Waals surface area contributed by atoms with Crippen LogP contribution in [0.4, 0.5) is 0 Å². The summed E-state index contributed by atoms with van der Waals surface area (Å²) in [5, 5.41) is 0. The van der Waals surface area contributed by atoms with E-state index in [9.17, 15) is 0 Å². The molecule has 0 bridgehead atoms. The maximum absolute atomic E-state index is 2.39. The SMILES string of the molecule is CCCCCCC(C)=CCN(C)CCC. The van der Waals surface area contributed by atoms with Gasteiger partial charge >= 0.3 is 0 Å². The maximum atomic E-state index is 2.39. The number of likely N-dealkylation sites (N-methyl/N-ethyl adjacent to an activating group) is 1. The average Bonchev–Trinajstić information content (AvgIpc) is 2.22. The smallest absolute Gasteiger partial charge is 0.0162 e. The monoisotopic (exact) mass is 211 g/mol. The second-order valence-electron chi connectivity index (χ2n) is 4.62. The van der Waals surface area contributed by atoms with Gasteiger partial charge < -0.3 is 4.90 Å². The second-order valence-corrected chi connectivity index (χ2v) is 4.62. The quantitative estimate of drug-likeness (QED) is 0.407. The van der Waals surface area contributed by atoms with Gasteiger partial charge in [-0.05, 0) is 39.8 Å². The van der Waals surface area contributed by atoms with E-state index in [4.69, 9.17) is 0 Å². The summed E-state index contributed by atoms with van der Waals surface area (Å²) in [5.74, 6) is 0. The highest BCUT2D eigenvalue weighted by Crippen LogP contribution is 2.09. The van der Waals surface area contributed by atoms with Crippen molar-refractivity contribution < 1.29 is 0 Å². The van der Waals surface area contributed by atoms with Gasteiger partial charge in [0.25, 0.3) is 0 Å². The number of hydrogen-bond acceptors (Lipinski definition) is 1. The van der Waals surface area contributed by atoms with E-state index in [0.29, 0.717) is 0 Å². The van der Waals surface area contributed by atoms with Crippen molar-refractivity contribution in [1.29, 1.82) is 0 Å². The maximum Gasteiger partial charge on any atom is 0.0162 e. The van der Waals surface area contributed by atoms with Crippen LogP contribution in [0, 0.1) is 0 Å². The fourth-order valence-electron chi connectivity index (χ4n) is 1.72. The lowest BCUT2D eigenvalue weighted by molar-refractivity contribution is 0.370. The van der Waals surface area contributed by atoms with Crippen LogP contribution in [0.2, 0.25) is 0 Å². The van der Waals surface area contributed by atoms with Gasteiger partial charge in [0.15, 0.2) is 0 Å². The van der Waals surface area contributed by atoms with E-state index in [1.165, 1.54) is 45.1 Å². The van der Waals surface area contributed by atoms with Crippen LogP contribution < -0.4 is 0 Å². The fourth-order valence-corrected chi connectivity index (χ4v) is 1.72. The highest BCUT2D eigenvalue weighted by atomic mass is 15.1. The molecular formula is C14H29N. The molecule has 0 amide bonds. The van der Waals surface area contributed by atoms with Crippen molar-refractivity contribution in [3.8, 4) is 0 Å². The molecule has 0 unspecified atom stereocenters. The molecule has 0 radical (unpaired) electrons. The molecule has 90 valence electrons. The van der Waals surface area contributed by atoms with Crippen LogP contribution in [-0.2, 0) is 0 Å². The van der Waals surface area contributed by atoms with Crippen molar-refractivity contribution >= 4 is 0 Å². The summed E-state index contributed by atoms with van der Waals surface area (Å²) in [5.41, 5.74) is 1.56. The number of allylic oxidation sites excluding steroid dienone is 1. The van der Waals surface area contributed by atoms with Crippen molar-refractivity contribution in [2.24, 2.45) is 0 Å². The first kappa shape index (κ1) is 14.7. The molecule has 0 rings (SSSR count). The van der Waals surface area contributed by atoms with Gasteiger partial charge in [-0.3, -0.25) is 0 Å². The van der Waals surface area contributed by atoms with Crippen molar-refractivity contribution in [1.82, 2.24) is 4.90 Å². The van der Waals surface area contributed by atoms with Crippen molar-refractivity contribution in [3.05, 3.63) is 11.6 Å². The molecule has 0 aromatic rings. The summed E-state index contributed by atoms with van der Waals surface area (Å²) in [4.78, 5) is 2.38. The fraction of sp³-hybridized carbons (Fsp3) is 0.857. The highest BCUT2D eigenvalue weighted by molar-refractivity contribution is 4.98. The Labute approximate surface area is 96.6 Å². The zero-order valence-corrected chi connectivity index (χ0v) is 11.2. The van der Waals surface area contributed by atoms with Crippen molar-refractivity contribution in [2.45, 2.75) is 59.3 Å². The van der Waals surface area contributed by atoms with E-state index in [1.807, 2.05) is 0 Å². The Hall–Kier alpha value is -0.300. The first-order valence-corrected chi connectivity index (χ1v) is 6.54. The van der Waals surface area contributed by atoms with Crippen LogP contribution in [-0.4, -0.2) is 25.0 Å². The van der Waals surface area contributed by atoms with Crippen molar-refractivity contribution in [3.63, 3.8) is 0 Å². The minimum Gasteiger partial charge on any atom is -0.303 e. The summed E-state index contributed by atoms with van der Waals surface area (Å²) in [7, 11) is 2.20. The van der Waals surface area contributed by atoms with Gasteiger partial charge in [0.2, 0.25) is 0 Å². The predicted octanol–water partition coefficient (Wildman–Crippen LogP) is 4.24. The Morgan fingerprint density at radius 1 is 1.07 bits per heavy atom. The third-order valence-electron chi connectivity index (χ3n) is 2.78. The van der Waals surface area contributed by atoms with E-state index in [0.717, 1.165) is 6.54 Å². The standard InChI is InChI=1S/C14H29N/c1-5-7-8-9-10-14(3)11-13-15(4)12-6-2/h11H,5-10,12-13H2,1-4H3. The van der Waals surface area contributed by atoms with Crippen LogP contribution in [0.25, 0.3) is 0 Å². The number of rotatable bonds is 9. The van der Waals surface area contributed by atoms with E-state index in [1.54, 1.807) is 5.57 Å². The summed E-state index contributed by atoms with van der Waals surface area (Å²) >= 11 is 0. The topological polar surface area (TPSA) is 3.24 Å². The Kier molecular flexibility index (Phi) is 10.0. The molecule has 1 nitrogen and oxygen atoms in total. The molecule has 0 aromatic heterocycles. The van der Waals surface area contributed by atoms with E-state index in [-0.39, 0.29) is 0 Å². The number of unbranched alkanes of at least 4 members (excludes halogenated alkanes) is 3. The van der Waals surface area contributed by atoms with Crippen molar-refractivity contribution in [2.75, 3.05) is 20.1 Å². The number of nitrogens with zero attached hydrogens (tertiary/aromatic N) is 1. The summed E-state index contributed by atoms with van der Waals surface area (Å²) < 4.78 is 0. The van der Waals surface area contributed by atoms with E-state index >= 15 is 0 Å². The van der Waals surface area contributed by atoms with Gasteiger partial charge in [0, 0.05) is 6.54 Å². The Balaban J connectivity index is 3.51. The molecule has 0 aliphatic carbocycles. The summed E-state index contributed by atoms with van der Waals surface area (Å²) in [6.45, 7) is 9.10. The first-order valence-electron chi connectivity index (χ1n) is 6.54. The molecule has 0 aliphatic rings. The molecule has 0 N–H and O–H groups in total. The molecule has 0 heterocycles. The van der Waals surface area contributed by atoms with Gasteiger partial charge in [0.1, 0.15) is 0 Å². The minimum absolute atomic E-state index is 1.12. The lowest BCUT2D eigenvalue weighted by atomic mass is 10.1. The Morgan fingerprint density at radius 3 is 2.40 bits per heavy atom. The zero-order valence-electron chi connectivity index (χ0n) is 11.2. The summed E-state index contributed by atoms with van der Waals surface area (Å²) in [6, 6.07) is 0. The van der Waals surface area contributed by atoms with Crippen LogP contribution in [0.3, 0.4) is 0 Å². The van der Waals surface area contributed by atoms with E-state index < -0.39 is 0 Å². The molecule has 1 heteroatoms. The van der Waals surface area contributed by atoms with Crippen LogP contribution in [0.5, 0.6) is 0 Å². The van der Waals surface area contributed by atoms with Gasteiger partial charge in [-0.25, -0.2) is 0 Å². The lowest BCUT2D eigenvalue weighted by Crippen LogP contribution is -2.19. The molecule has 0 spiro atoms. The average molecular weight is 211 g/mol. The first-order chi connectivity index (χ1) is 7.20. The molecule has 0 saturated carbocycles. The molecule has 0 aliphatic heterocycles. The van der Waals surface area contributed by atoms with Gasteiger partial charge in [-0.1, -0.05) is 44.8 Å². The highest BCUT2D eigenvalue weighted by Gasteiger charge is 1.94. The molecule has 0 atom stereocenters. The predicted molar refractivity (Wildman–Crippen MR) is 70.3 cm³/mol. The van der Waals surface area contributed by atoms with E-state index in [2.05, 4.69) is 38.8 Å². The van der Waals surface area contributed by atoms with Crippen LogP contribution in [0.15, 0.2) is 11.6 Å². The Bertz CT molecular complexity index is 161. The third-order valence-corrected chi connectivity index (χ3v) is 2.78. The number of hydrogen-bond donors (Lipinski definition) is 0. The largest absolute Gasteiger partial charge is 0.303 e. The third kappa shape index (κ3) is 9.99. The van der Waals surface area contributed by atoms with Gasteiger partial charge in [0.05, 0.1) is 0 Å².